The molecule has 1 saturated carbocycles. The summed E-state index contributed by atoms with van der Waals surface area (Å²) in [5.41, 5.74) is -1.58. The number of ether oxygens (including phenoxy) is 2. The first-order chi connectivity index (χ1) is 11.3. The molecule has 0 aromatic rings. The van der Waals surface area contributed by atoms with Crippen LogP contribution in [0.3, 0.4) is 0 Å². The molecule has 0 spiro atoms. The Hall–Kier alpha value is -1.60. The molecule has 1 heterocycles. The second-order valence-electron chi connectivity index (χ2n) is 7.48. The number of amides is 2. The lowest BCUT2D eigenvalue weighted by molar-refractivity contribution is -0.148. The molecule has 2 N–H and O–H groups in total. The van der Waals surface area contributed by atoms with E-state index in [0.717, 1.165) is 12.8 Å². The largest absolute Gasteiger partial charge is 0.444 e. The third-order valence-electron chi connectivity index (χ3n) is 4.06. The molecular weight excluding hydrogens is 312 g/mol. The molecule has 1 aliphatic heterocycles. The normalized spacial score (nSPS) is 24.9. The Morgan fingerprint density at radius 3 is 2.71 bits per heavy atom. The number of morpholine rings is 1. The van der Waals surface area contributed by atoms with E-state index in [0.29, 0.717) is 19.1 Å². The molecule has 7 heteroatoms. The van der Waals surface area contributed by atoms with Gasteiger partial charge in [-0.25, -0.2) is 4.79 Å². The second kappa shape index (κ2) is 7.53. The predicted molar refractivity (Wildman–Crippen MR) is 88.4 cm³/mol. The quantitative estimate of drug-likeness (QED) is 0.731. The average Bonchev–Trinajstić information content (AvgIpc) is 3.33. The number of alkyl carbamates (subject to hydrolysis) is 1. The molecule has 1 atom stereocenters. The second-order valence-corrected chi connectivity index (χ2v) is 7.48. The zero-order chi connectivity index (χ0) is 17.8. The molecule has 0 aromatic heterocycles. The topological polar surface area (TPSA) is 88.1 Å². The summed E-state index contributed by atoms with van der Waals surface area (Å²) >= 11 is 0. The Labute approximate surface area is 143 Å². The number of nitrogens with zero attached hydrogens (tertiary/aromatic N) is 1. The molecule has 1 aliphatic carbocycles. The van der Waals surface area contributed by atoms with E-state index in [9.17, 15) is 14.7 Å². The van der Waals surface area contributed by atoms with Gasteiger partial charge in [-0.15, -0.1) is 0 Å². The fourth-order valence-electron chi connectivity index (χ4n) is 2.56. The molecule has 24 heavy (non-hydrogen) atoms. The zero-order valence-corrected chi connectivity index (χ0v) is 14.7. The molecule has 7 nitrogen and oxygen atoms in total. The number of rotatable bonds is 5. The van der Waals surface area contributed by atoms with Crippen LogP contribution >= 0.6 is 0 Å². The number of hydrogen-bond donors (Lipinski definition) is 2. The Balaban J connectivity index is 2.01. The zero-order valence-electron chi connectivity index (χ0n) is 14.7. The molecular formula is C17H28N2O5. The lowest BCUT2D eigenvalue weighted by atomic mass is 9.97. The van der Waals surface area contributed by atoms with Crippen LogP contribution in [0, 0.1) is 5.92 Å². The molecule has 2 aliphatic rings. The minimum absolute atomic E-state index is 0.0709. The smallest absolute Gasteiger partial charge is 0.407 e. The molecule has 1 unspecified atom stereocenters. The van der Waals surface area contributed by atoms with Crippen molar-refractivity contribution in [2.45, 2.75) is 44.8 Å². The number of carbonyl (C=O) groups excluding carboxylic acids is 2. The molecule has 1 saturated heterocycles. The molecule has 0 radical (unpaired) electrons. The van der Waals surface area contributed by atoms with Crippen LogP contribution in [0.2, 0.25) is 0 Å². The van der Waals surface area contributed by atoms with Crippen LogP contribution < -0.4 is 5.32 Å². The van der Waals surface area contributed by atoms with Crippen LogP contribution in [0.4, 0.5) is 4.79 Å². The molecule has 2 rings (SSSR count). The number of aliphatic hydroxyl groups excluding tert-OH is 1. The van der Waals surface area contributed by atoms with Gasteiger partial charge in [0.25, 0.3) is 0 Å². The van der Waals surface area contributed by atoms with E-state index >= 15 is 0 Å². The van der Waals surface area contributed by atoms with Crippen molar-refractivity contribution in [2.75, 3.05) is 32.9 Å². The predicted octanol–water partition coefficient (Wildman–Crippen LogP) is 1.07. The van der Waals surface area contributed by atoms with E-state index in [1.54, 1.807) is 31.7 Å². The van der Waals surface area contributed by atoms with Crippen LogP contribution in [-0.2, 0) is 14.3 Å². The third kappa shape index (κ3) is 5.21. The Morgan fingerprint density at radius 1 is 1.42 bits per heavy atom. The molecule has 2 amide bonds. The molecule has 2 fully saturated rings. The maximum atomic E-state index is 12.5. The van der Waals surface area contributed by atoms with E-state index in [-0.39, 0.29) is 25.7 Å². The van der Waals surface area contributed by atoms with Crippen LogP contribution in [0.15, 0.2) is 12.2 Å². The summed E-state index contributed by atoms with van der Waals surface area (Å²) in [7, 11) is 0. The van der Waals surface area contributed by atoms with Gasteiger partial charge in [-0.1, -0.05) is 6.08 Å². The third-order valence-corrected chi connectivity index (χ3v) is 4.06. The number of allylic oxidation sites excluding steroid dienone is 1. The summed E-state index contributed by atoms with van der Waals surface area (Å²) < 4.78 is 10.7. The summed E-state index contributed by atoms with van der Waals surface area (Å²) in [6.07, 6.45) is 5.15. The maximum absolute atomic E-state index is 12.5. The first kappa shape index (κ1) is 18.7. The van der Waals surface area contributed by atoms with Gasteiger partial charge in [0.05, 0.1) is 19.8 Å². The maximum Gasteiger partial charge on any atom is 0.407 e. The van der Waals surface area contributed by atoms with Gasteiger partial charge in [-0.2, -0.15) is 0 Å². The van der Waals surface area contributed by atoms with Gasteiger partial charge < -0.3 is 24.8 Å². The van der Waals surface area contributed by atoms with Crippen molar-refractivity contribution in [2.24, 2.45) is 5.92 Å². The SMILES string of the molecule is CC(C)(C)OC(=O)NCC1(CO)COCCN1C(=O)/C=C/C1CC1. The van der Waals surface area contributed by atoms with E-state index in [1.807, 2.05) is 6.08 Å². The lowest BCUT2D eigenvalue weighted by Gasteiger charge is -2.45. The summed E-state index contributed by atoms with van der Waals surface area (Å²) in [5, 5.41) is 12.5. The molecule has 0 aromatic carbocycles. The number of nitrogens with one attached hydrogen (secondary N) is 1. The van der Waals surface area contributed by atoms with Crippen molar-refractivity contribution >= 4 is 12.0 Å². The highest BCUT2D eigenvalue weighted by atomic mass is 16.6. The average molecular weight is 340 g/mol. The van der Waals surface area contributed by atoms with Crippen molar-refractivity contribution in [3.05, 3.63) is 12.2 Å². The molecule has 136 valence electrons. The number of hydrogen-bond acceptors (Lipinski definition) is 5. The fourth-order valence-corrected chi connectivity index (χ4v) is 2.56. The van der Waals surface area contributed by atoms with Crippen LogP contribution in [-0.4, -0.2) is 66.1 Å². The van der Waals surface area contributed by atoms with Crippen molar-refractivity contribution < 1.29 is 24.2 Å². The highest BCUT2D eigenvalue weighted by Gasteiger charge is 2.42. The summed E-state index contributed by atoms with van der Waals surface area (Å²) in [4.78, 5) is 26.0. The summed E-state index contributed by atoms with van der Waals surface area (Å²) in [6.45, 7) is 6.06. The van der Waals surface area contributed by atoms with Gasteiger partial charge >= 0.3 is 6.09 Å². The Bertz CT molecular complexity index is 496. The van der Waals surface area contributed by atoms with Gasteiger partial charge in [0.1, 0.15) is 11.1 Å². The minimum Gasteiger partial charge on any atom is -0.444 e. The van der Waals surface area contributed by atoms with Crippen molar-refractivity contribution in [3.8, 4) is 0 Å². The van der Waals surface area contributed by atoms with Crippen molar-refractivity contribution in [1.29, 1.82) is 0 Å². The fraction of sp³-hybridized carbons (Fsp3) is 0.765. The van der Waals surface area contributed by atoms with Gasteiger partial charge in [0.15, 0.2) is 0 Å². The van der Waals surface area contributed by atoms with Crippen molar-refractivity contribution in [1.82, 2.24) is 10.2 Å². The molecule has 0 bridgehead atoms. The number of carbonyl (C=O) groups is 2. The van der Waals surface area contributed by atoms with E-state index in [1.165, 1.54) is 0 Å². The van der Waals surface area contributed by atoms with Crippen LogP contribution in [0.1, 0.15) is 33.6 Å². The minimum atomic E-state index is -0.972. The highest BCUT2D eigenvalue weighted by Crippen LogP contribution is 2.30. The first-order valence-corrected chi connectivity index (χ1v) is 8.41. The van der Waals surface area contributed by atoms with Gasteiger partial charge in [0.2, 0.25) is 5.91 Å². The van der Waals surface area contributed by atoms with E-state index < -0.39 is 17.2 Å². The Kier molecular flexibility index (Phi) is 5.87. The Morgan fingerprint density at radius 2 is 2.12 bits per heavy atom. The van der Waals surface area contributed by atoms with Crippen molar-refractivity contribution in [3.63, 3.8) is 0 Å². The first-order valence-electron chi connectivity index (χ1n) is 8.41. The summed E-state index contributed by atoms with van der Waals surface area (Å²) in [5.74, 6) is 0.337. The standard InChI is InChI=1S/C17H28N2O5/c1-16(2,3)24-15(22)18-10-17(11-20)12-23-9-8-19(17)14(21)7-6-13-4-5-13/h6-7,13,20H,4-5,8-12H2,1-3H3,(H,18,22)/b7-6+. The summed E-state index contributed by atoms with van der Waals surface area (Å²) in [6, 6.07) is 0. The van der Waals surface area contributed by atoms with Gasteiger partial charge in [-0.05, 0) is 45.6 Å². The monoisotopic (exact) mass is 340 g/mol. The van der Waals surface area contributed by atoms with Crippen LogP contribution in [0.25, 0.3) is 0 Å². The van der Waals surface area contributed by atoms with E-state index in [4.69, 9.17) is 9.47 Å². The number of aliphatic hydroxyl groups is 1. The highest BCUT2D eigenvalue weighted by molar-refractivity contribution is 5.88. The van der Waals surface area contributed by atoms with Crippen LogP contribution in [0.5, 0.6) is 0 Å². The van der Waals surface area contributed by atoms with Gasteiger partial charge in [0, 0.05) is 13.1 Å². The van der Waals surface area contributed by atoms with E-state index in [2.05, 4.69) is 5.32 Å². The lowest BCUT2D eigenvalue weighted by Crippen LogP contribution is -2.65. The van der Waals surface area contributed by atoms with Gasteiger partial charge in [-0.3, -0.25) is 4.79 Å².